The van der Waals surface area contributed by atoms with Crippen LogP contribution >= 0.6 is 0 Å². The highest BCUT2D eigenvalue weighted by molar-refractivity contribution is 6.22. The molecule has 0 amide bonds. The maximum atomic E-state index is 2.45. The highest BCUT2D eigenvalue weighted by Crippen LogP contribution is 2.48. The van der Waals surface area contributed by atoms with E-state index in [1.54, 1.807) is 0 Å². The van der Waals surface area contributed by atoms with E-state index in [0.717, 1.165) is 17.1 Å². The van der Waals surface area contributed by atoms with E-state index in [4.69, 9.17) is 0 Å². The number of benzene rings is 8. The number of hydrogen-bond acceptors (Lipinski definition) is 1. The number of para-hydroxylation sites is 3. The molecule has 0 atom stereocenters. The lowest BCUT2D eigenvalue weighted by atomic mass is 9.88. The topological polar surface area (TPSA) is 8.17 Å². The summed E-state index contributed by atoms with van der Waals surface area (Å²) < 4.78 is 2.38. The first-order chi connectivity index (χ1) is 23.7. The van der Waals surface area contributed by atoms with Gasteiger partial charge in [-0.2, -0.15) is 0 Å². The molecule has 0 aliphatic rings. The molecule has 1 aromatic heterocycles. The summed E-state index contributed by atoms with van der Waals surface area (Å²) in [6, 6.07) is 61.9. The predicted molar refractivity (Wildman–Crippen MR) is 205 cm³/mol. The summed E-state index contributed by atoms with van der Waals surface area (Å²) in [6.07, 6.45) is 0. The van der Waals surface area contributed by atoms with Crippen LogP contribution in [0.15, 0.2) is 170 Å². The fraction of sp³-hybridized carbons (Fsp3) is 0.0435. The third-order valence-corrected chi connectivity index (χ3v) is 9.65. The van der Waals surface area contributed by atoms with Crippen molar-refractivity contribution in [2.45, 2.75) is 13.8 Å². The number of nitrogens with zero attached hydrogens (tertiary/aromatic N) is 2. The van der Waals surface area contributed by atoms with E-state index >= 15 is 0 Å². The standard InChI is InChI=1S/C46H34N2/c1-31-22-28-40-41(29-31)45(33-13-5-3-6-14-33)39-27-21-32(2)30-42(39)46(40)47(34-15-7-4-8-16-34)35-23-25-36(26-24-35)48-43-19-11-9-17-37(43)38-18-10-12-20-44(38)48/h3-30H,1-2H3. The van der Waals surface area contributed by atoms with E-state index in [-0.39, 0.29) is 0 Å². The quantitative estimate of drug-likeness (QED) is 0.175. The monoisotopic (exact) mass is 614 g/mol. The van der Waals surface area contributed by atoms with E-state index in [1.807, 2.05) is 0 Å². The summed E-state index contributed by atoms with van der Waals surface area (Å²) >= 11 is 0. The SMILES string of the molecule is Cc1ccc2c(N(c3ccccc3)c3ccc(-n4c5ccccc5c5ccccc54)cc3)c3cc(C)ccc3c(-c3ccccc3)c2c1. The summed E-state index contributed by atoms with van der Waals surface area (Å²) in [5, 5.41) is 7.52. The maximum absolute atomic E-state index is 2.45. The van der Waals surface area contributed by atoms with Crippen LogP contribution in [0.5, 0.6) is 0 Å². The molecule has 0 unspecified atom stereocenters. The van der Waals surface area contributed by atoms with Crippen LogP contribution in [-0.2, 0) is 0 Å². The summed E-state index contributed by atoms with van der Waals surface area (Å²) in [5.41, 5.74) is 12.0. The van der Waals surface area contributed by atoms with Crippen molar-refractivity contribution in [2.75, 3.05) is 4.90 Å². The van der Waals surface area contributed by atoms with Crippen LogP contribution in [0.4, 0.5) is 17.1 Å². The number of hydrogen-bond donors (Lipinski definition) is 0. The summed E-state index contributed by atoms with van der Waals surface area (Å²) in [7, 11) is 0. The first kappa shape index (κ1) is 28.1. The minimum atomic E-state index is 1.11. The van der Waals surface area contributed by atoms with Gasteiger partial charge in [0, 0.05) is 38.6 Å². The molecule has 0 aliphatic carbocycles. The van der Waals surface area contributed by atoms with Crippen LogP contribution in [0.25, 0.3) is 60.2 Å². The van der Waals surface area contributed by atoms with Crippen LogP contribution in [0.3, 0.4) is 0 Å². The molecule has 0 radical (unpaired) electrons. The lowest BCUT2D eigenvalue weighted by Crippen LogP contribution is -2.12. The zero-order chi connectivity index (χ0) is 32.2. The van der Waals surface area contributed by atoms with E-state index in [9.17, 15) is 0 Å². The van der Waals surface area contributed by atoms with Crippen molar-refractivity contribution in [1.29, 1.82) is 0 Å². The van der Waals surface area contributed by atoms with Gasteiger partial charge < -0.3 is 9.47 Å². The lowest BCUT2D eigenvalue weighted by molar-refractivity contribution is 1.17. The molecule has 8 aromatic carbocycles. The van der Waals surface area contributed by atoms with E-state index < -0.39 is 0 Å². The van der Waals surface area contributed by atoms with Crippen molar-refractivity contribution < 1.29 is 0 Å². The Kier molecular flexibility index (Phi) is 6.62. The smallest absolute Gasteiger partial charge is 0.0618 e. The second-order valence-electron chi connectivity index (χ2n) is 12.7. The molecule has 0 fully saturated rings. The van der Waals surface area contributed by atoms with Gasteiger partial charge in [0.05, 0.1) is 16.7 Å². The molecule has 0 saturated carbocycles. The molecule has 2 heteroatoms. The first-order valence-corrected chi connectivity index (χ1v) is 16.6. The Hall–Kier alpha value is -6.12. The van der Waals surface area contributed by atoms with Crippen molar-refractivity contribution in [3.8, 4) is 16.8 Å². The molecule has 9 aromatic rings. The number of fused-ring (bicyclic) bond motifs is 5. The van der Waals surface area contributed by atoms with Gasteiger partial charge in [-0.25, -0.2) is 0 Å². The van der Waals surface area contributed by atoms with Gasteiger partial charge in [0.25, 0.3) is 0 Å². The molecular formula is C46H34N2. The molecule has 1 heterocycles. The van der Waals surface area contributed by atoms with Gasteiger partial charge in [0.2, 0.25) is 0 Å². The van der Waals surface area contributed by atoms with Crippen molar-refractivity contribution in [3.05, 3.63) is 181 Å². The largest absolute Gasteiger partial charge is 0.309 e. The third kappa shape index (κ3) is 4.49. The third-order valence-electron chi connectivity index (χ3n) is 9.65. The number of aryl methyl sites for hydroxylation is 2. The van der Waals surface area contributed by atoms with E-state index in [1.165, 1.54) is 71.3 Å². The van der Waals surface area contributed by atoms with Gasteiger partial charge in [-0.15, -0.1) is 0 Å². The van der Waals surface area contributed by atoms with E-state index in [2.05, 4.69) is 193 Å². The molecule has 2 nitrogen and oxygen atoms in total. The minimum absolute atomic E-state index is 1.11. The normalized spacial score (nSPS) is 11.5. The number of aromatic nitrogens is 1. The Labute approximate surface area is 280 Å². The van der Waals surface area contributed by atoms with Crippen molar-refractivity contribution in [3.63, 3.8) is 0 Å². The molecule has 9 rings (SSSR count). The fourth-order valence-electron chi connectivity index (χ4n) is 7.53. The molecule has 0 saturated heterocycles. The lowest BCUT2D eigenvalue weighted by Gasteiger charge is -2.30. The zero-order valence-electron chi connectivity index (χ0n) is 27.1. The molecule has 0 bridgehead atoms. The van der Waals surface area contributed by atoms with Crippen LogP contribution in [-0.4, -0.2) is 4.57 Å². The van der Waals surface area contributed by atoms with Crippen molar-refractivity contribution in [2.24, 2.45) is 0 Å². The number of anilines is 3. The molecule has 0 spiro atoms. The van der Waals surface area contributed by atoms with Gasteiger partial charge in [-0.05, 0) is 90.3 Å². The van der Waals surface area contributed by atoms with Gasteiger partial charge in [0.1, 0.15) is 0 Å². The second-order valence-corrected chi connectivity index (χ2v) is 12.7. The molecule has 0 N–H and O–H groups in total. The minimum Gasteiger partial charge on any atom is -0.309 e. The van der Waals surface area contributed by atoms with Crippen LogP contribution in [0, 0.1) is 13.8 Å². The van der Waals surface area contributed by atoms with Crippen molar-refractivity contribution in [1.82, 2.24) is 4.57 Å². The predicted octanol–water partition coefficient (Wildman–Crippen LogP) is 12.8. The highest BCUT2D eigenvalue weighted by Gasteiger charge is 2.23. The second kappa shape index (κ2) is 11.3. The first-order valence-electron chi connectivity index (χ1n) is 16.6. The Morgan fingerprint density at radius 2 is 0.917 bits per heavy atom. The number of rotatable bonds is 5. The van der Waals surface area contributed by atoms with Crippen LogP contribution < -0.4 is 4.90 Å². The Morgan fingerprint density at radius 3 is 1.56 bits per heavy atom. The van der Waals surface area contributed by atoms with E-state index in [0.29, 0.717) is 0 Å². The van der Waals surface area contributed by atoms with Crippen LogP contribution in [0.1, 0.15) is 11.1 Å². The van der Waals surface area contributed by atoms with Gasteiger partial charge in [0.15, 0.2) is 0 Å². The van der Waals surface area contributed by atoms with Gasteiger partial charge in [-0.3, -0.25) is 0 Å². The summed E-state index contributed by atoms with van der Waals surface area (Å²) in [6.45, 7) is 4.38. The highest BCUT2D eigenvalue weighted by atomic mass is 15.1. The molecular weight excluding hydrogens is 581 g/mol. The summed E-state index contributed by atoms with van der Waals surface area (Å²) in [4.78, 5) is 2.45. The summed E-state index contributed by atoms with van der Waals surface area (Å²) in [5.74, 6) is 0. The molecule has 228 valence electrons. The Balaban J connectivity index is 1.32. The maximum Gasteiger partial charge on any atom is 0.0618 e. The average molecular weight is 615 g/mol. The fourth-order valence-corrected chi connectivity index (χ4v) is 7.53. The molecule has 0 aliphatic heterocycles. The average Bonchev–Trinajstić information content (AvgIpc) is 3.47. The van der Waals surface area contributed by atoms with Gasteiger partial charge >= 0.3 is 0 Å². The Morgan fingerprint density at radius 1 is 0.396 bits per heavy atom. The van der Waals surface area contributed by atoms with Gasteiger partial charge in [-0.1, -0.05) is 126 Å². The Bertz CT molecular complexity index is 2560. The molecule has 48 heavy (non-hydrogen) atoms. The zero-order valence-corrected chi connectivity index (χ0v) is 27.1. The van der Waals surface area contributed by atoms with Crippen LogP contribution in [0.2, 0.25) is 0 Å². The van der Waals surface area contributed by atoms with Crippen molar-refractivity contribution >= 4 is 60.4 Å².